The summed E-state index contributed by atoms with van der Waals surface area (Å²) in [5.41, 5.74) is 6.10. The van der Waals surface area contributed by atoms with E-state index in [1.165, 1.54) is 18.9 Å². The number of rotatable bonds is 4. The number of ether oxygens (including phenoxy) is 1. The first-order chi connectivity index (χ1) is 10.1. The van der Waals surface area contributed by atoms with Crippen molar-refractivity contribution in [2.75, 3.05) is 19.7 Å². The van der Waals surface area contributed by atoms with Crippen molar-refractivity contribution in [2.45, 2.75) is 38.6 Å². The molecule has 0 aliphatic carbocycles. The Morgan fingerprint density at radius 3 is 2.57 bits per heavy atom. The van der Waals surface area contributed by atoms with Gasteiger partial charge in [-0.1, -0.05) is 18.9 Å². The molecule has 1 amide bonds. The summed E-state index contributed by atoms with van der Waals surface area (Å²) >= 11 is 0. The van der Waals surface area contributed by atoms with Gasteiger partial charge in [0.05, 0.1) is 0 Å². The van der Waals surface area contributed by atoms with Crippen LogP contribution in [0.1, 0.15) is 44.2 Å². The second-order valence-corrected chi connectivity index (χ2v) is 5.56. The predicted molar refractivity (Wildman–Crippen MR) is 79.5 cm³/mol. The molecular formula is C16H23FN2O2. The molecule has 1 saturated heterocycles. The lowest BCUT2D eigenvalue weighted by Gasteiger charge is -2.20. The number of nitrogens with two attached hydrogens (primary N) is 1. The van der Waals surface area contributed by atoms with Gasteiger partial charge in [-0.3, -0.25) is 4.79 Å². The molecule has 1 aromatic carbocycles. The fraction of sp³-hybridized carbons (Fsp3) is 0.562. The van der Waals surface area contributed by atoms with Crippen molar-refractivity contribution in [3.05, 3.63) is 29.6 Å². The number of nitrogens with zero attached hydrogens (tertiary/aromatic N) is 1. The highest BCUT2D eigenvalue weighted by Gasteiger charge is 2.16. The van der Waals surface area contributed by atoms with Gasteiger partial charge in [0.15, 0.2) is 6.61 Å². The quantitative estimate of drug-likeness (QED) is 0.928. The number of likely N-dealkylation sites (tertiary alicyclic amines) is 1. The summed E-state index contributed by atoms with van der Waals surface area (Å²) in [6.07, 6.45) is 4.44. The van der Waals surface area contributed by atoms with Crippen LogP contribution in [0.4, 0.5) is 4.39 Å². The van der Waals surface area contributed by atoms with Crippen LogP contribution >= 0.6 is 0 Å². The van der Waals surface area contributed by atoms with E-state index in [1.54, 1.807) is 19.1 Å². The summed E-state index contributed by atoms with van der Waals surface area (Å²) < 4.78 is 19.2. The van der Waals surface area contributed by atoms with E-state index in [0.29, 0.717) is 11.3 Å². The van der Waals surface area contributed by atoms with E-state index in [2.05, 4.69) is 0 Å². The van der Waals surface area contributed by atoms with Gasteiger partial charge in [-0.15, -0.1) is 0 Å². The van der Waals surface area contributed by atoms with Gasteiger partial charge in [-0.2, -0.15) is 0 Å². The first-order valence-corrected chi connectivity index (χ1v) is 7.53. The lowest BCUT2D eigenvalue weighted by molar-refractivity contribution is -0.133. The SMILES string of the molecule is CC(N)c1ccc(OCC(=O)N2CCCCCC2)cc1F. The first-order valence-electron chi connectivity index (χ1n) is 7.53. The predicted octanol–water partition coefficient (Wildman–Crippen LogP) is 2.63. The van der Waals surface area contributed by atoms with Gasteiger partial charge >= 0.3 is 0 Å². The van der Waals surface area contributed by atoms with E-state index >= 15 is 0 Å². The molecule has 1 aromatic rings. The number of hydrogen-bond acceptors (Lipinski definition) is 3. The van der Waals surface area contributed by atoms with Gasteiger partial charge in [0.2, 0.25) is 0 Å². The van der Waals surface area contributed by atoms with Gasteiger partial charge in [0.25, 0.3) is 5.91 Å². The molecule has 1 heterocycles. The zero-order valence-electron chi connectivity index (χ0n) is 12.5. The minimum absolute atomic E-state index is 0.0337. The van der Waals surface area contributed by atoms with Crippen LogP contribution in [0.15, 0.2) is 18.2 Å². The summed E-state index contributed by atoms with van der Waals surface area (Å²) in [7, 11) is 0. The molecule has 1 atom stereocenters. The minimum Gasteiger partial charge on any atom is -0.484 e. The molecule has 21 heavy (non-hydrogen) atoms. The van der Waals surface area contributed by atoms with Crippen molar-refractivity contribution in [1.82, 2.24) is 4.90 Å². The summed E-state index contributed by atoms with van der Waals surface area (Å²) in [6, 6.07) is 4.18. The number of carbonyl (C=O) groups excluding carboxylic acids is 1. The van der Waals surface area contributed by atoms with E-state index in [-0.39, 0.29) is 18.6 Å². The molecular weight excluding hydrogens is 271 g/mol. The highest BCUT2D eigenvalue weighted by atomic mass is 19.1. The number of amides is 1. The largest absolute Gasteiger partial charge is 0.484 e. The Balaban J connectivity index is 1.90. The summed E-state index contributed by atoms with van der Waals surface area (Å²) in [4.78, 5) is 13.9. The van der Waals surface area contributed by atoms with Gasteiger partial charge in [0.1, 0.15) is 11.6 Å². The molecule has 1 aliphatic rings. The van der Waals surface area contributed by atoms with E-state index in [1.807, 2.05) is 4.90 Å². The van der Waals surface area contributed by atoms with Crippen molar-refractivity contribution >= 4 is 5.91 Å². The number of benzene rings is 1. The maximum atomic E-state index is 13.8. The third-order valence-electron chi connectivity index (χ3n) is 3.78. The van der Waals surface area contributed by atoms with Crippen molar-refractivity contribution < 1.29 is 13.9 Å². The molecule has 4 nitrogen and oxygen atoms in total. The van der Waals surface area contributed by atoms with Crippen LogP contribution in [0.2, 0.25) is 0 Å². The Hall–Kier alpha value is -1.62. The summed E-state index contributed by atoms with van der Waals surface area (Å²) in [5.74, 6) is -0.0710. The molecule has 0 saturated carbocycles. The third-order valence-corrected chi connectivity index (χ3v) is 3.78. The van der Waals surface area contributed by atoms with Crippen LogP contribution in [0.3, 0.4) is 0 Å². The molecule has 0 aromatic heterocycles. The Morgan fingerprint density at radius 2 is 2.00 bits per heavy atom. The molecule has 1 fully saturated rings. The van der Waals surface area contributed by atoms with Crippen LogP contribution in [0, 0.1) is 5.82 Å². The average molecular weight is 294 g/mol. The van der Waals surface area contributed by atoms with Crippen LogP contribution in [0.5, 0.6) is 5.75 Å². The minimum atomic E-state index is -0.398. The van der Waals surface area contributed by atoms with E-state index in [0.717, 1.165) is 25.9 Å². The standard InChI is InChI=1S/C16H23FN2O2/c1-12(18)14-7-6-13(10-15(14)17)21-11-16(20)19-8-4-2-3-5-9-19/h6-7,10,12H,2-5,8-9,11,18H2,1H3. The highest BCUT2D eigenvalue weighted by Crippen LogP contribution is 2.20. The van der Waals surface area contributed by atoms with Crippen LogP contribution in [-0.2, 0) is 4.79 Å². The number of halogens is 1. The van der Waals surface area contributed by atoms with Gasteiger partial charge < -0.3 is 15.4 Å². The van der Waals surface area contributed by atoms with E-state index < -0.39 is 5.82 Å². The molecule has 1 unspecified atom stereocenters. The van der Waals surface area contributed by atoms with E-state index in [4.69, 9.17) is 10.5 Å². The van der Waals surface area contributed by atoms with E-state index in [9.17, 15) is 9.18 Å². The zero-order chi connectivity index (χ0) is 15.2. The highest BCUT2D eigenvalue weighted by molar-refractivity contribution is 5.77. The lowest BCUT2D eigenvalue weighted by atomic mass is 10.1. The number of hydrogen-bond donors (Lipinski definition) is 1. The normalized spacial score (nSPS) is 17.2. The molecule has 2 rings (SSSR count). The fourth-order valence-electron chi connectivity index (χ4n) is 2.52. The smallest absolute Gasteiger partial charge is 0.260 e. The molecule has 0 bridgehead atoms. The molecule has 2 N–H and O–H groups in total. The first kappa shape index (κ1) is 15.8. The van der Waals surface area contributed by atoms with Crippen LogP contribution in [-0.4, -0.2) is 30.5 Å². The topological polar surface area (TPSA) is 55.6 Å². The van der Waals surface area contributed by atoms with Crippen LogP contribution < -0.4 is 10.5 Å². The Morgan fingerprint density at radius 1 is 1.33 bits per heavy atom. The summed E-state index contributed by atoms with van der Waals surface area (Å²) in [5, 5.41) is 0. The Bertz CT molecular complexity index is 483. The fourth-order valence-corrected chi connectivity index (χ4v) is 2.52. The molecule has 0 spiro atoms. The maximum Gasteiger partial charge on any atom is 0.260 e. The maximum absolute atomic E-state index is 13.8. The van der Waals surface area contributed by atoms with Crippen molar-refractivity contribution in [1.29, 1.82) is 0 Å². The van der Waals surface area contributed by atoms with Crippen molar-refractivity contribution in [3.63, 3.8) is 0 Å². The second-order valence-electron chi connectivity index (χ2n) is 5.56. The molecule has 1 aliphatic heterocycles. The average Bonchev–Trinajstić information content (AvgIpc) is 2.73. The van der Waals surface area contributed by atoms with Gasteiger partial charge in [0, 0.05) is 30.8 Å². The molecule has 0 radical (unpaired) electrons. The lowest BCUT2D eigenvalue weighted by Crippen LogP contribution is -2.35. The zero-order valence-corrected chi connectivity index (χ0v) is 12.5. The number of carbonyl (C=O) groups is 1. The van der Waals surface area contributed by atoms with Gasteiger partial charge in [-0.05, 0) is 25.8 Å². The second kappa shape index (κ2) is 7.41. The van der Waals surface area contributed by atoms with Crippen molar-refractivity contribution in [3.8, 4) is 5.75 Å². The van der Waals surface area contributed by atoms with Crippen LogP contribution in [0.25, 0.3) is 0 Å². The third kappa shape index (κ3) is 4.43. The summed E-state index contributed by atoms with van der Waals surface area (Å²) in [6.45, 7) is 3.26. The van der Waals surface area contributed by atoms with Gasteiger partial charge in [-0.25, -0.2) is 4.39 Å². The monoisotopic (exact) mass is 294 g/mol. The Labute approximate surface area is 125 Å². The van der Waals surface area contributed by atoms with Crippen molar-refractivity contribution in [2.24, 2.45) is 5.73 Å². The Kier molecular flexibility index (Phi) is 5.56. The molecule has 5 heteroatoms. The molecule has 116 valence electrons.